The fraction of sp³-hybridized carbons (Fsp3) is 0.412. The summed E-state index contributed by atoms with van der Waals surface area (Å²) in [6.45, 7) is 6.00. The van der Waals surface area contributed by atoms with Gasteiger partial charge in [-0.1, -0.05) is 37.3 Å². The Balaban J connectivity index is 2.05. The average Bonchev–Trinajstić information content (AvgIpc) is 2.92. The summed E-state index contributed by atoms with van der Waals surface area (Å²) < 4.78 is 0. The molecule has 5 heteroatoms. The molecule has 1 amide bonds. The van der Waals surface area contributed by atoms with E-state index in [4.69, 9.17) is 0 Å². The molecule has 0 radical (unpaired) electrons. The number of nitrogens with one attached hydrogen (secondary N) is 1. The molecule has 2 N–H and O–H groups in total. The van der Waals surface area contributed by atoms with E-state index in [0.717, 1.165) is 11.3 Å². The number of carbonyl (C=O) groups is 1. The van der Waals surface area contributed by atoms with Crippen molar-refractivity contribution in [1.82, 2.24) is 10.3 Å². The molecule has 4 nitrogen and oxygen atoms in total. The molecule has 0 saturated heterocycles. The molecule has 2 aromatic rings. The predicted octanol–water partition coefficient (Wildman–Crippen LogP) is 2.81. The standard InChI is InChI=1S/C17H22N2O2S/c1-12-15(22-11-19-12)16(21)18-10-17(3,13(2)20)9-14-7-5-4-6-8-14/h4-8,11,13,20H,9-10H2,1-3H3,(H,18,21)/t13-,17-/m0/s1. The molecule has 118 valence electrons. The van der Waals surface area contributed by atoms with Crippen molar-refractivity contribution in [1.29, 1.82) is 0 Å². The fourth-order valence-corrected chi connectivity index (χ4v) is 3.02. The normalized spacial score (nSPS) is 15.1. The molecule has 1 heterocycles. The molecule has 1 aromatic carbocycles. The Bertz CT molecular complexity index is 625. The first kappa shape index (κ1) is 16.6. The highest BCUT2D eigenvalue weighted by atomic mass is 32.1. The number of aliphatic hydroxyl groups is 1. The van der Waals surface area contributed by atoms with E-state index in [-0.39, 0.29) is 5.91 Å². The Hall–Kier alpha value is -1.72. The molecule has 22 heavy (non-hydrogen) atoms. The second-order valence-corrected chi connectivity index (χ2v) is 6.80. The lowest BCUT2D eigenvalue weighted by Gasteiger charge is -2.33. The van der Waals surface area contributed by atoms with Crippen molar-refractivity contribution >= 4 is 17.2 Å². The van der Waals surface area contributed by atoms with Gasteiger partial charge in [-0.05, 0) is 25.8 Å². The number of benzene rings is 1. The molecule has 0 unspecified atom stereocenters. The van der Waals surface area contributed by atoms with Gasteiger partial charge in [0.15, 0.2) is 0 Å². The minimum atomic E-state index is -0.532. The van der Waals surface area contributed by atoms with Gasteiger partial charge < -0.3 is 10.4 Å². The first-order chi connectivity index (χ1) is 10.4. The fourth-order valence-electron chi connectivity index (χ4n) is 2.30. The van der Waals surface area contributed by atoms with Crippen molar-refractivity contribution in [2.45, 2.75) is 33.3 Å². The molecule has 0 aliphatic rings. The van der Waals surface area contributed by atoms with Gasteiger partial charge in [-0.25, -0.2) is 4.98 Å². The van der Waals surface area contributed by atoms with Gasteiger partial charge in [-0.3, -0.25) is 4.79 Å². The van der Waals surface area contributed by atoms with Crippen molar-refractivity contribution in [3.63, 3.8) is 0 Å². The minimum absolute atomic E-state index is 0.125. The van der Waals surface area contributed by atoms with Crippen LogP contribution in [0.25, 0.3) is 0 Å². The number of rotatable bonds is 6. The molecule has 0 spiro atoms. The highest BCUT2D eigenvalue weighted by Crippen LogP contribution is 2.26. The Morgan fingerprint density at radius 1 is 1.41 bits per heavy atom. The van der Waals surface area contributed by atoms with Gasteiger partial charge in [0, 0.05) is 12.0 Å². The third-order valence-electron chi connectivity index (χ3n) is 4.06. The summed E-state index contributed by atoms with van der Waals surface area (Å²) in [5.41, 5.74) is 3.14. The van der Waals surface area contributed by atoms with Crippen LogP contribution < -0.4 is 5.32 Å². The van der Waals surface area contributed by atoms with Crippen LogP contribution in [0, 0.1) is 12.3 Å². The number of carbonyl (C=O) groups excluding carboxylic acids is 1. The SMILES string of the molecule is Cc1ncsc1C(=O)NC[C@](C)(Cc1ccccc1)[C@H](C)O. The van der Waals surface area contributed by atoms with Gasteiger partial charge in [0.25, 0.3) is 5.91 Å². The third-order valence-corrected chi connectivity index (χ3v) is 4.99. The van der Waals surface area contributed by atoms with Gasteiger partial charge in [0.1, 0.15) is 4.88 Å². The van der Waals surface area contributed by atoms with Crippen LogP contribution in [-0.2, 0) is 6.42 Å². The maximum absolute atomic E-state index is 12.2. The molecule has 1 aromatic heterocycles. The van der Waals surface area contributed by atoms with E-state index >= 15 is 0 Å². The monoisotopic (exact) mass is 318 g/mol. The first-order valence-corrected chi connectivity index (χ1v) is 8.20. The molecular weight excluding hydrogens is 296 g/mol. The van der Waals surface area contributed by atoms with E-state index in [1.165, 1.54) is 11.3 Å². The van der Waals surface area contributed by atoms with Crippen molar-refractivity contribution in [2.75, 3.05) is 6.54 Å². The Kier molecular flexibility index (Phi) is 5.32. The lowest BCUT2D eigenvalue weighted by molar-refractivity contribution is 0.0501. The van der Waals surface area contributed by atoms with Crippen molar-refractivity contribution < 1.29 is 9.90 Å². The van der Waals surface area contributed by atoms with Crippen LogP contribution in [0.15, 0.2) is 35.8 Å². The zero-order valence-corrected chi connectivity index (χ0v) is 14.0. The van der Waals surface area contributed by atoms with Crippen LogP contribution in [0.5, 0.6) is 0 Å². The Morgan fingerprint density at radius 3 is 2.64 bits per heavy atom. The number of hydrogen-bond acceptors (Lipinski definition) is 4. The van der Waals surface area contributed by atoms with E-state index < -0.39 is 11.5 Å². The van der Waals surface area contributed by atoms with Crippen molar-refractivity contribution in [3.8, 4) is 0 Å². The smallest absolute Gasteiger partial charge is 0.263 e. The van der Waals surface area contributed by atoms with Crippen LogP contribution >= 0.6 is 11.3 Å². The highest BCUT2D eigenvalue weighted by Gasteiger charge is 2.31. The largest absolute Gasteiger partial charge is 0.393 e. The molecule has 0 aliphatic carbocycles. The van der Waals surface area contributed by atoms with Gasteiger partial charge in [0.05, 0.1) is 17.3 Å². The molecule has 0 bridgehead atoms. The van der Waals surface area contributed by atoms with E-state index in [1.54, 1.807) is 12.4 Å². The number of aryl methyl sites for hydroxylation is 1. The van der Waals surface area contributed by atoms with Crippen molar-refractivity contribution in [2.24, 2.45) is 5.41 Å². The number of aromatic nitrogens is 1. The highest BCUT2D eigenvalue weighted by molar-refractivity contribution is 7.11. The van der Waals surface area contributed by atoms with Gasteiger partial charge in [-0.2, -0.15) is 0 Å². The molecule has 0 saturated carbocycles. The first-order valence-electron chi connectivity index (χ1n) is 7.32. The Morgan fingerprint density at radius 2 is 2.09 bits per heavy atom. The quantitative estimate of drug-likeness (QED) is 0.861. The van der Waals surface area contributed by atoms with Gasteiger partial charge >= 0.3 is 0 Å². The van der Waals surface area contributed by atoms with E-state index in [1.807, 2.05) is 44.2 Å². The molecule has 0 fully saturated rings. The molecular formula is C17H22N2O2S. The van der Waals surface area contributed by atoms with Crippen molar-refractivity contribution in [3.05, 3.63) is 52.0 Å². The summed E-state index contributed by atoms with van der Waals surface area (Å²) in [7, 11) is 0. The number of nitrogens with zero attached hydrogens (tertiary/aromatic N) is 1. The van der Waals surface area contributed by atoms with E-state index in [9.17, 15) is 9.90 Å². The second-order valence-electron chi connectivity index (χ2n) is 5.94. The lowest BCUT2D eigenvalue weighted by atomic mass is 9.79. The topological polar surface area (TPSA) is 62.2 Å². The number of hydrogen-bond donors (Lipinski definition) is 2. The Labute approximate surface area is 135 Å². The summed E-state index contributed by atoms with van der Waals surface area (Å²) in [5, 5.41) is 13.1. The number of aliphatic hydroxyl groups excluding tert-OH is 1. The lowest BCUT2D eigenvalue weighted by Crippen LogP contribution is -2.43. The molecule has 2 rings (SSSR count). The zero-order chi connectivity index (χ0) is 16.2. The predicted molar refractivity (Wildman–Crippen MR) is 89.1 cm³/mol. The van der Waals surface area contributed by atoms with Crippen LogP contribution in [0.4, 0.5) is 0 Å². The molecule has 0 aliphatic heterocycles. The number of thiazole rings is 1. The zero-order valence-electron chi connectivity index (χ0n) is 13.2. The minimum Gasteiger partial charge on any atom is -0.393 e. The van der Waals surface area contributed by atoms with E-state index in [0.29, 0.717) is 17.8 Å². The third kappa shape index (κ3) is 3.93. The average molecular weight is 318 g/mol. The summed E-state index contributed by atoms with van der Waals surface area (Å²) in [6, 6.07) is 10.0. The van der Waals surface area contributed by atoms with Crippen LogP contribution in [0.1, 0.15) is 34.8 Å². The van der Waals surface area contributed by atoms with Crippen LogP contribution in [-0.4, -0.2) is 28.6 Å². The maximum atomic E-state index is 12.2. The summed E-state index contributed by atoms with van der Waals surface area (Å²) in [6.07, 6.45) is 0.170. The molecule has 2 atom stereocenters. The van der Waals surface area contributed by atoms with Crippen LogP contribution in [0.2, 0.25) is 0 Å². The van der Waals surface area contributed by atoms with E-state index in [2.05, 4.69) is 10.3 Å². The summed E-state index contributed by atoms with van der Waals surface area (Å²) in [5.74, 6) is -0.125. The van der Waals surface area contributed by atoms with Gasteiger partial charge in [-0.15, -0.1) is 11.3 Å². The van der Waals surface area contributed by atoms with Crippen LogP contribution in [0.3, 0.4) is 0 Å². The number of amides is 1. The summed E-state index contributed by atoms with van der Waals surface area (Å²) in [4.78, 5) is 17.0. The summed E-state index contributed by atoms with van der Waals surface area (Å²) >= 11 is 1.33. The second kappa shape index (κ2) is 7.03. The van der Waals surface area contributed by atoms with Gasteiger partial charge in [0.2, 0.25) is 0 Å². The maximum Gasteiger partial charge on any atom is 0.263 e.